The first kappa shape index (κ1) is 20.2. The first-order chi connectivity index (χ1) is 15.4. The number of hydrogen-bond acceptors (Lipinski definition) is 8. The lowest BCUT2D eigenvalue weighted by molar-refractivity contribution is -0.384. The number of non-ortho nitro benzene ring substituents is 1. The average Bonchev–Trinajstić information content (AvgIpc) is 3.48. The molecule has 0 saturated carbocycles. The van der Waals surface area contributed by atoms with Gasteiger partial charge in [-0.25, -0.2) is 0 Å². The van der Waals surface area contributed by atoms with E-state index >= 15 is 0 Å². The molecule has 2 aliphatic heterocycles. The van der Waals surface area contributed by atoms with Crippen LogP contribution in [0.3, 0.4) is 0 Å². The molecule has 0 atom stereocenters. The molecule has 32 heavy (non-hydrogen) atoms. The molecule has 3 aromatic rings. The molecule has 5 rings (SSSR count). The van der Waals surface area contributed by atoms with Crippen molar-refractivity contribution < 1.29 is 23.6 Å². The van der Waals surface area contributed by atoms with Crippen molar-refractivity contribution in [3.63, 3.8) is 0 Å². The molecule has 1 saturated heterocycles. The number of fused-ring (bicyclic) bond motifs is 1. The van der Waals surface area contributed by atoms with E-state index in [2.05, 4.69) is 0 Å². The third-order valence-electron chi connectivity index (χ3n) is 4.76. The lowest BCUT2D eigenvalue weighted by Crippen LogP contribution is -2.28. The highest BCUT2D eigenvalue weighted by Crippen LogP contribution is 2.41. The highest BCUT2D eigenvalue weighted by Gasteiger charge is 2.34. The molecule has 2 aliphatic rings. The van der Waals surface area contributed by atoms with E-state index in [0.29, 0.717) is 44.2 Å². The van der Waals surface area contributed by atoms with E-state index in [0.717, 1.165) is 11.8 Å². The maximum atomic E-state index is 13.0. The predicted molar refractivity (Wildman–Crippen MR) is 119 cm³/mol. The van der Waals surface area contributed by atoms with Crippen molar-refractivity contribution in [3.05, 3.63) is 74.3 Å². The standard InChI is InChI=1S/C21H12ClN3O6S/c22-15-4-1-12(25(27)28)7-14(15)16-6-3-13(31-16)9-19-20(26)24(21(23)32-19)11-2-5-17-18(8-11)30-10-29-17/h1-9,23H,10H2/b19-9-,23-21?. The van der Waals surface area contributed by atoms with Crippen LogP contribution in [0.4, 0.5) is 11.4 Å². The molecule has 0 bridgehead atoms. The SMILES string of the molecule is N=C1S/C(=C\c2ccc(-c3cc([N+](=O)[O-])ccc3Cl)o2)C(=O)N1c1ccc2c(c1)OCO2. The minimum Gasteiger partial charge on any atom is -0.457 e. The van der Waals surface area contributed by atoms with Crippen LogP contribution in [0.2, 0.25) is 5.02 Å². The number of furan rings is 1. The quantitative estimate of drug-likeness (QED) is 0.313. The number of nitro benzene ring substituents is 1. The number of carbonyl (C=O) groups is 1. The molecule has 1 aromatic heterocycles. The molecule has 1 fully saturated rings. The van der Waals surface area contributed by atoms with Gasteiger partial charge in [0.25, 0.3) is 11.6 Å². The van der Waals surface area contributed by atoms with Crippen LogP contribution in [-0.4, -0.2) is 22.8 Å². The lowest BCUT2D eigenvalue weighted by atomic mass is 10.1. The maximum Gasteiger partial charge on any atom is 0.271 e. The van der Waals surface area contributed by atoms with Gasteiger partial charge in [0.05, 0.1) is 20.5 Å². The zero-order valence-electron chi connectivity index (χ0n) is 16.0. The summed E-state index contributed by atoms with van der Waals surface area (Å²) in [6, 6.07) is 12.3. The summed E-state index contributed by atoms with van der Waals surface area (Å²) in [5, 5.41) is 19.6. The first-order valence-corrected chi connectivity index (χ1v) is 10.4. The molecule has 160 valence electrons. The molecule has 2 aromatic carbocycles. The van der Waals surface area contributed by atoms with Gasteiger partial charge in [0.2, 0.25) is 6.79 Å². The van der Waals surface area contributed by atoms with Crippen LogP contribution in [0.1, 0.15) is 5.76 Å². The maximum absolute atomic E-state index is 13.0. The fourth-order valence-electron chi connectivity index (χ4n) is 3.27. The normalized spacial score (nSPS) is 16.3. The third-order valence-corrected chi connectivity index (χ3v) is 5.98. The van der Waals surface area contributed by atoms with Crippen LogP contribution < -0.4 is 14.4 Å². The number of thioether (sulfide) groups is 1. The number of benzene rings is 2. The summed E-state index contributed by atoms with van der Waals surface area (Å²) in [5.74, 6) is 1.38. The van der Waals surface area contributed by atoms with E-state index in [1.165, 1.54) is 29.2 Å². The molecule has 9 nitrogen and oxygen atoms in total. The second-order valence-electron chi connectivity index (χ2n) is 6.72. The summed E-state index contributed by atoms with van der Waals surface area (Å²) in [6.45, 7) is 0.111. The lowest BCUT2D eigenvalue weighted by Gasteiger charge is -2.14. The minimum atomic E-state index is -0.518. The average molecular weight is 470 g/mol. The molecule has 11 heteroatoms. The molecule has 0 radical (unpaired) electrons. The summed E-state index contributed by atoms with van der Waals surface area (Å²) in [6.07, 6.45) is 1.52. The number of ether oxygens (including phenoxy) is 2. The monoisotopic (exact) mass is 469 g/mol. The van der Waals surface area contributed by atoms with E-state index in [1.807, 2.05) is 0 Å². The summed E-state index contributed by atoms with van der Waals surface area (Å²) < 4.78 is 16.4. The Hall–Kier alpha value is -3.76. The number of carbonyl (C=O) groups excluding carboxylic acids is 1. The number of halogens is 1. The Balaban J connectivity index is 1.43. The predicted octanol–water partition coefficient (Wildman–Crippen LogP) is 5.29. The van der Waals surface area contributed by atoms with Crippen molar-refractivity contribution in [1.29, 1.82) is 5.41 Å². The van der Waals surface area contributed by atoms with Gasteiger partial charge in [-0.1, -0.05) is 11.6 Å². The van der Waals surface area contributed by atoms with Gasteiger partial charge >= 0.3 is 0 Å². The van der Waals surface area contributed by atoms with Crippen molar-refractivity contribution in [3.8, 4) is 22.8 Å². The molecule has 3 heterocycles. The zero-order valence-corrected chi connectivity index (χ0v) is 17.6. The van der Waals surface area contributed by atoms with Crippen LogP contribution >= 0.6 is 23.4 Å². The summed E-state index contributed by atoms with van der Waals surface area (Å²) in [4.78, 5) is 25.0. The first-order valence-electron chi connectivity index (χ1n) is 9.17. The number of hydrogen-bond donors (Lipinski definition) is 1. The number of nitro groups is 1. The van der Waals surface area contributed by atoms with Crippen molar-refractivity contribution in [2.24, 2.45) is 0 Å². The van der Waals surface area contributed by atoms with E-state index in [1.54, 1.807) is 30.3 Å². The van der Waals surface area contributed by atoms with Gasteiger partial charge in [-0.2, -0.15) is 0 Å². The number of amidine groups is 1. The number of anilines is 1. The summed E-state index contributed by atoms with van der Waals surface area (Å²) >= 11 is 7.17. The van der Waals surface area contributed by atoms with Crippen LogP contribution in [-0.2, 0) is 4.79 Å². The van der Waals surface area contributed by atoms with E-state index in [9.17, 15) is 14.9 Å². The highest BCUT2D eigenvalue weighted by molar-refractivity contribution is 8.19. The molecule has 0 spiro atoms. The molecule has 0 aliphatic carbocycles. The Morgan fingerprint density at radius 3 is 2.75 bits per heavy atom. The number of nitrogens with zero attached hydrogens (tertiary/aromatic N) is 2. The van der Waals surface area contributed by atoms with Gasteiger partial charge in [0.1, 0.15) is 11.5 Å². The highest BCUT2D eigenvalue weighted by atomic mass is 35.5. The van der Waals surface area contributed by atoms with Crippen molar-refractivity contribution in [1.82, 2.24) is 0 Å². The van der Waals surface area contributed by atoms with Gasteiger partial charge < -0.3 is 13.9 Å². The second kappa shape index (κ2) is 7.74. The van der Waals surface area contributed by atoms with Gasteiger partial charge in [-0.05, 0) is 42.1 Å². The van der Waals surface area contributed by atoms with Gasteiger partial charge in [0.15, 0.2) is 16.7 Å². The molecule has 1 amide bonds. The summed E-state index contributed by atoms with van der Waals surface area (Å²) in [7, 11) is 0. The zero-order chi connectivity index (χ0) is 22.4. The molecule has 1 N–H and O–H groups in total. The molecule has 0 unspecified atom stereocenters. The van der Waals surface area contributed by atoms with Crippen LogP contribution in [0.15, 0.2) is 57.9 Å². The van der Waals surface area contributed by atoms with Crippen molar-refractivity contribution >= 4 is 51.9 Å². The van der Waals surface area contributed by atoms with E-state index in [4.69, 9.17) is 30.9 Å². The largest absolute Gasteiger partial charge is 0.457 e. The number of amides is 1. The smallest absolute Gasteiger partial charge is 0.271 e. The Labute approximate surface area is 189 Å². The number of rotatable bonds is 4. The Kier molecular flexibility index (Phi) is 4.87. The van der Waals surface area contributed by atoms with Crippen LogP contribution in [0, 0.1) is 15.5 Å². The number of nitrogens with one attached hydrogen (secondary N) is 1. The van der Waals surface area contributed by atoms with E-state index in [-0.39, 0.29) is 23.6 Å². The third kappa shape index (κ3) is 3.49. The fraction of sp³-hybridized carbons (Fsp3) is 0.0476. The van der Waals surface area contributed by atoms with Gasteiger partial charge in [0, 0.05) is 29.8 Å². The van der Waals surface area contributed by atoms with Gasteiger partial charge in [-0.15, -0.1) is 0 Å². The Morgan fingerprint density at radius 1 is 1.12 bits per heavy atom. The minimum absolute atomic E-state index is 0.0358. The van der Waals surface area contributed by atoms with Gasteiger partial charge in [-0.3, -0.25) is 25.2 Å². The fourth-order valence-corrected chi connectivity index (χ4v) is 4.32. The topological polar surface area (TPSA) is 119 Å². The summed E-state index contributed by atoms with van der Waals surface area (Å²) in [5.41, 5.74) is 0.740. The second-order valence-corrected chi connectivity index (χ2v) is 8.16. The molecular weight excluding hydrogens is 458 g/mol. The Morgan fingerprint density at radius 2 is 1.94 bits per heavy atom. The van der Waals surface area contributed by atoms with Crippen LogP contribution in [0.25, 0.3) is 17.4 Å². The van der Waals surface area contributed by atoms with Crippen molar-refractivity contribution in [2.45, 2.75) is 0 Å². The van der Waals surface area contributed by atoms with E-state index < -0.39 is 4.92 Å². The van der Waals surface area contributed by atoms with Crippen LogP contribution in [0.5, 0.6) is 11.5 Å². The Bertz CT molecular complexity index is 1330. The molecular formula is C21H12ClN3O6S. The van der Waals surface area contributed by atoms with Crippen molar-refractivity contribution in [2.75, 3.05) is 11.7 Å².